The van der Waals surface area contributed by atoms with Gasteiger partial charge in [0.2, 0.25) is 11.8 Å². The molecule has 0 bridgehead atoms. The number of hydrogen-bond acceptors (Lipinski definition) is 3. The first-order chi connectivity index (χ1) is 11.2. The Kier molecular flexibility index (Phi) is 5.28. The molecule has 5 nitrogen and oxygen atoms in total. The van der Waals surface area contributed by atoms with Gasteiger partial charge in [0.15, 0.2) is 0 Å². The predicted molar refractivity (Wildman–Crippen MR) is 88.8 cm³/mol. The van der Waals surface area contributed by atoms with Gasteiger partial charge in [-0.2, -0.15) is 0 Å². The van der Waals surface area contributed by atoms with Gasteiger partial charge in [0.25, 0.3) is 0 Å². The molecule has 1 aromatic carbocycles. The lowest BCUT2D eigenvalue weighted by molar-refractivity contribution is -0.127. The Bertz CT molecular complexity index is 567. The number of benzene rings is 1. The number of fused-ring (bicyclic) bond motifs is 1. The SMILES string of the molecule is O=C(CNC(=O)[C@@H]1Cc2ccccc2CN1)NC1CCCCC1. The molecule has 23 heavy (non-hydrogen) atoms. The third kappa shape index (κ3) is 4.32. The van der Waals surface area contributed by atoms with Crippen molar-refractivity contribution in [1.29, 1.82) is 0 Å². The van der Waals surface area contributed by atoms with Crippen molar-refractivity contribution in [2.75, 3.05) is 6.54 Å². The molecule has 1 fully saturated rings. The largest absolute Gasteiger partial charge is 0.352 e. The van der Waals surface area contributed by atoms with Crippen LogP contribution in [-0.2, 0) is 22.6 Å². The molecular formula is C18H25N3O2. The van der Waals surface area contributed by atoms with Crippen molar-refractivity contribution >= 4 is 11.8 Å². The number of amides is 2. The summed E-state index contributed by atoms with van der Waals surface area (Å²) in [6.45, 7) is 0.762. The van der Waals surface area contributed by atoms with Crippen molar-refractivity contribution in [2.45, 2.75) is 57.2 Å². The lowest BCUT2D eigenvalue weighted by Gasteiger charge is -2.26. The molecule has 1 atom stereocenters. The molecule has 1 saturated carbocycles. The lowest BCUT2D eigenvalue weighted by atomic mass is 9.95. The van der Waals surface area contributed by atoms with Crippen LogP contribution >= 0.6 is 0 Å². The molecule has 124 valence electrons. The van der Waals surface area contributed by atoms with Crippen LogP contribution in [0.5, 0.6) is 0 Å². The van der Waals surface area contributed by atoms with Crippen molar-refractivity contribution in [3.8, 4) is 0 Å². The minimum absolute atomic E-state index is 0.0646. The maximum Gasteiger partial charge on any atom is 0.239 e. The molecular weight excluding hydrogens is 290 g/mol. The number of carbonyl (C=O) groups excluding carboxylic acids is 2. The molecule has 2 aliphatic rings. The summed E-state index contributed by atoms with van der Waals surface area (Å²) in [6.07, 6.45) is 6.41. The molecule has 3 N–H and O–H groups in total. The van der Waals surface area contributed by atoms with Gasteiger partial charge in [-0.05, 0) is 30.4 Å². The molecule has 0 saturated heterocycles. The van der Waals surface area contributed by atoms with E-state index in [1.54, 1.807) is 0 Å². The van der Waals surface area contributed by atoms with Gasteiger partial charge in [0.1, 0.15) is 0 Å². The molecule has 0 unspecified atom stereocenters. The smallest absolute Gasteiger partial charge is 0.239 e. The van der Waals surface area contributed by atoms with Gasteiger partial charge in [-0.1, -0.05) is 43.5 Å². The monoisotopic (exact) mass is 315 g/mol. The van der Waals surface area contributed by atoms with E-state index in [2.05, 4.69) is 28.1 Å². The molecule has 0 aromatic heterocycles. The maximum atomic E-state index is 12.3. The van der Waals surface area contributed by atoms with Gasteiger partial charge in [-0.25, -0.2) is 0 Å². The van der Waals surface area contributed by atoms with E-state index in [0.717, 1.165) is 12.8 Å². The van der Waals surface area contributed by atoms with E-state index < -0.39 is 0 Å². The summed E-state index contributed by atoms with van der Waals surface area (Å²) >= 11 is 0. The van der Waals surface area contributed by atoms with E-state index in [4.69, 9.17) is 0 Å². The zero-order valence-electron chi connectivity index (χ0n) is 13.4. The zero-order chi connectivity index (χ0) is 16.1. The second kappa shape index (κ2) is 7.59. The maximum absolute atomic E-state index is 12.3. The van der Waals surface area contributed by atoms with E-state index in [-0.39, 0.29) is 30.4 Å². The number of carbonyl (C=O) groups is 2. The van der Waals surface area contributed by atoms with E-state index in [9.17, 15) is 9.59 Å². The predicted octanol–water partition coefficient (Wildman–Crippen LogP) is 1.27. The molecule has 1 aromatic rings. The molecule has 1 aliphatic heterocycles. The third-order valence-corrected chi connectivity index (χ3v) is 4.79. The highest BCUT2D eigenvalue weighted by Crippen LogP contribution is 2.17. The fourth-order valence-electron chi connectivity index (χ4n) is 3.46. The van der Waals surface area contributed by atoms with Gasteiger partial charge in [0, 0.05) is 12.6 Å². The summed E-state index contributed by atoms with van der Waals surface area (Å²) in [4.78, 5) is 24.2. The highest BCUT2D eigenvalue weighted by Gasteiger charge is 2.24. The van der Waals surface area contributed by atoms with Crippen LogP contribution in [0.15, 0.2) is 24.3 Å². The third-order valence-electron chi connectivity index (χ3n) is 4.79. The van der Waals surface area contributed by atoms with E-state index in [0.29, 0.717) is 13.0 Å². The van der Waals surface area contributed by atoms with Crippen LogP contribution in [-0.4, -0.2) is 30.4 Å². The molecule has 5 heteroatoms. The Morgan fingerprint density at radius 2 is 1.83 bits per heavy atom. The van der Waals surface area contributed by atoms with Gasteiger partial charge < -0.3 is 16.0 Å². The van der Waals surface area contributed by atoms with Crippen molar-refractivity contribution in [3.63, 3.8) is 0 Å². The molecule has 0 spiro atoms. The number of rotatable bonds is 4. The Morgan fingerprint density at radius 3 is 2.61 bits per heavy atom. The quantitative estimate of drug-likeness (QED) is 0.783. The second-order valence-corrected chi connectivity index (χ2v) is 6.53. The molecule has 3 rings (SSSR count). The summed E-state index contributed by atoms with van der Waals surface area (Å²) in [5, 5.41) is 9.01. The summed E-state index contributed by atoms with van der Waals surface area (Å²) in [5.74, 6) is -0.181. The van der Waals surface area contributed by atoms with Crippen LogP contribution in [0.4, 0.5) is 0 Å². The highest BCUT2D eigenvalue weighted by molar-refractivity contribution is 5.87. The summed E-state index contributed by atoms with van der Waals surface area (Å²) < 4.78 is 0. The Morgan fingerprint density at radius 1 is 1.09 bits per heavy atom. The minimum Gasteiger partial charge on any atom is -0.352 e. The van der Waals surface area contributed by atoms with Crippen LogP contribution in [0.1, 0.15) is 43.2 Å². The first-order valence-corrected chi connectivity index (χ1v) is 8.59. The first kappa shape index (κ1) is 16.0. The van der Waals surface area contributed by atoms with Crippen LogP contribution in [0, 0.1) is 0 Å². The fraction of sp³-hybridized carbons (Fsp3) is 0.556. The number of hydrogen-bond donors (Lipinski definition) is 3. The lowest BCUT2D eigenvalue weighted by Crippen LogP contribution is -2.50. The minimum atomic E-state index is -0.257. The summed E-state index contributed by atoms with van der Waals surface area (Å²) in [6, 6.07) is 8.17. The van der Waals surface area contributed by atoms with Gasteiger partial charge >= 0.3 is 0 Å². The summed E-state index contributed by atoms with van der Waals surface area (Å²) in [5.41, 5.74) is 2.45. The molecule has 0 radical (unpaired) electrons. The average molecular weight is 315 g/mol. The number of nitrogens with one attached hydrogen (secondary N) is 3. The Labute approximate surface area is 137 Å². The fourth-order valence-corrected chi connectivity index (χ4v) is 3.46. The summed E-state index contributed by atoms with van der Waals surface area (Å²) in [7, 11) is 0. The zero-order valence-corrected chi connectivity index (χ0v) is 13.4. The first-order valence-electron chi connectivity index (χ1n) is 8.59. The van der Waals surface area contributed by atoms with Crippen molar-refractivity contribution in [2.24, 2.45) is 0 Å². The molecule has 2 amide bonds. The highest BCUT2D eigenvalue weighted by atomic mass is 16.2. The van der Waals surface area contributed by atoms with E-state index >= 15 is 0 Å². The van der Waals surface area contributed by atoms with E-state index in [1.165, 1.54) is 30.4 Å². The standard InChI is InChI=1S/C18H25N3O2/c22-17(21-15-8-2-1-3-9-15)12-20-18(23)16-10-13-6-4-5-7-14(13)11-19-16/h4-7,15-16,19H,1-3,8-12H2,(H,20,23)(H,21,22)/t16-/m0/s1. The Hall–Kier alpha value is -1.88. The normalized spacial score (nSPS) is 21.3. The van der Waals surface area contributed by atoms with Gasteiger partial charge in [-0.15, -0.1) is 0 Å². The van der Waals surface area contributed by atoms with Crippen LogP contribution in [0.2, 0.25) is 0 Å². The van der Waals surface area contributed by atoms with Crippen molar-refractivity contribution < 1.29 is 9.59 Å². The van der Waals surface area contributed by atoms with E-state index in [1.807, 2.05) is 12.1 Å². The van der Waals surface area contributed by atoms with Gasteiger partial charge in [-0.3, -0.25) is 9.59 Å². The van der Waals surface area contributed by atoms with Crippen LogP contribution < -0.4 is 16.0 Å². The Balaban J connectivity index is 1.43. The average Bonchev–Trinajstić information content (AvgIpc) is 2.60. The van der Waals surface area contributed by atoms with Crippen molar-refractivity contribution in [3.05, 3.63) is 35.4 Å². The van der Waals surface area contributed by atoms with Crippen LogP contribution in [0.3, 0.4) is 0 Å². The second-order valence-electron chi connectivity index (χ2n) is 6.53. The van der Waals surface area contributed by atoms with Crippen LogP contribution in [0.25, 0.3) is 0 Å². The van der Waals surface area contributed by atoms with Crippen molar-refractivity contribution in [1.82, 2.24) is 16.0 Å². The van der Waals surface area contributed by atoms with Gasteiger partial charge in [0.05, 0.1) is 12.6 Å². The topological polar surface area (TPSA) is 70.2 Å². The molecule has 1 aliphatic carbocycles. The molecule has 1 heterocycles.